The Bertz CT molecular complexity index is 586. The number of nitrogens with zero attached hydrogens (tertiary/aromatic N) is 4. The zero-order valence-electron chi connectivity index (χ0n) is 12.1. The van der Waals surface area contributed by atoms with Crippen molar-refractivity contribution in [2.45, 2.75) is 38.5 Å². The van der Waals surface area contributed by atoms with Crippen molar-refractivity contribution in [3.63, 3.8) is 0 Å². The molecule has 106 valence electrons. The van der Waals surface area contributed by atoms with Gasteiger partial charge in [0.25, 0.3) is 0 Å². The molecule has 0 atom stereocenters. The molecule has 1 fully saturated rings. The summed E-state index contributed by atoms with van der Waals surface area (Å²) in [6.45, 7) is 3.09. The van der Waals surface area contributed by atoms with E-state index in [9.17, 15) is 0 Å². The van der Waals surface area contributed by atoms with Crippen LogP contribution in [0.5, 0.6) is 0 Å². The molecule has 0 aromatic carbocycles. The summed E-state index contributed by atoms with van der Waals surface area (Å²) in [7, 11) is 1.92. The summed E-state index contributed by atoms with van der Waals surface area (Å²) in [6, 6.07) is 2.02. The van der Waals surface area contributed by atoms with E-state index in [0.717, 1.165) is 35.9 Å². The van der Waals surface area contributed by atoms with Crippen molar-refractivity contribution >= 4 is 5.82 Å². The third kappa shape index (κ3) is 2.66. The molecular weight excluding hydrogens is 250 g/mol. The van der Waals surface area contributed by atoms with Gasteiger partial charge >= 0.3 is 0 Å². The van der Waals surface area contributed by atoms with E-state index in [4.69, 9.17) is 4.98 Å². The van der Waals surface area contributed by atoms with Crippen molar-refractivity contribution in [2.75, 3.05) is 11.9 Å². The van der Waals surface area contributed by atoms with Gasteiger partial charge in [-0.05, 0) is 19.3 Å². The molecule has 0 spiro atoms. The molecule has 1 saturated carbocycles. The Morgan fingerprint density at radius 3 is 2.80 bits per heavy atom. The molecule has 3 rings (SSSR count). The first kappa shape index (κ1) is 13.1. The van der Waals surface area contributed by atoms with Gasteiger partial charge in [0.05, 0.1) is 11.9 Å². The van der Waals surface area contributed by atoms with Crippen molar-refractivity contribution in [3.8, 4) is 11.3 Å². The molecule has 5 nitrogen and oxygen atoms in total. The Balaban J connectivity index is 1.94. The van der Waals surface area contributed by atoms with Crippen LogP contribution in [0.25, 0.3) is 11.3 Å². The third-order valence-corrected chi connectivity index (χ3v) is 3.77. The van der Waals surface area contributed by atoms with Crippen molar-refractivity contribution in [1.29, 1.82) is 0 Å². The second-order valence-electron chi connectivity index (χ2n) is 5.45. The monoisotopic (exact) mass is 271 g/mol. The lowest BCUT2D eigenvalue weighted by Crippen LogP contribution is -2.14. The summed E-state index contributed by atoms with van der Waals surface area (Å²) in [6.07, 6.45) is 8.66. The molecule has 0 saturated heterocycles. The molecule has 0 unspecified atom stereocenters. The number of anilines is 1. The molecule has 1 aliphatic carbocycles. The molecule has 2 heterocycles. The number of nitrogens with one attached hydrogen (secondary N) is 1. The average Bonchev–Trinajstić information content (AvgIpc) is 2.81. The zero-order chi connectivity index (χ0) is 13.9. The van der Waals surface area contributed by atoms with Crippen LogP contribution in [-0.4, -0.2) is 26.3 Å². The van der Waals surface area contributed by atoms with Gasteiger partial charge in [-0.2, -0.15) is 5.10 Å². The quantitative estimate of drug-likeness (QED) is 0.908. The molecule has 2 aromatic rings. The Morgan fingerprint density at radius 1 is 1.35 bits per heavy atom. The van der Waals surface area contributed by atoms with E-state index in [1.54, 1.807) is 4.68 Å². The first-order chi connectivity index (χ1) is 9.76. The van der Waals surface area contributed by atoms with Crippen LogP contribution in [0.2, 0.25) is 0 Å². The molecule has 0 amide bonds. The summed E-state index contributed by atoms with van der Waals surface area (Å²) in [5.41, 5.74) is 2.02. The first-order valence-corrected chi connectivity index (χ1v) is 7.38. The molecule has 1 N–H and O–H groups in total. The number of hydrogen-bond acceptors (Lipinski definition) is 4. The highest BCUT2D eigenvalue weighted by molar-refractivity contribution is 5.61. The largest absolute Gasteiger partial charge is 0.370 e. The molecule has 20 heavy (non-hydrogen) atoms. The van der Waals surface area contributed by atoms with Crippen molar-refractivity contribution in [3.05, 3.63) is 24.3 Å². The minimum Gasteiger partial charge on any atom is -0.370 e. The predicted molar refractivity (Wildman–Crippen MR) is 79.6 cm³/mol. The molecular formula is C15H21N5. The standard InChI is InChI=1S/C15H21N5/c1-3-7-16-14-8-13(12-9-17-20(2)10-12)18-15(19-14)11-5-4-6-11/h8-11H,3-7H2,1-2H3,(H,16,18,19). The van der Waals surface area contributed by atoms with E-state index >= 15 is 0 Å². The minimum atomic E-state index is 0.536. The molecule has 0 aliphatic heterocycles. The molecule has 1 aliphatic rings. The fourth-order valence-corrected chi connectivity index (χ4v) is 2.36. The SMILES string of the molecule is CCCNc1cc(-c2cnn(C)c2)nc(C2CCC2)n1. The number of rotatable bonds is 5. The van der Waals surface area contributed by atoms with Gasteiger partial charge in [0.2, 0.25) is 0 Å². The maximum Gasteiger partial charge on any atom is 0.134 e. The van der Waals surface area contributed by atoms with Crippen LogP contribution < -0.4 is 5.32 Å². The Hall–Kier alpha value is -1.91. The van der Waals surface area contributed by atoms with Crippen LogP contribution in [0, 0.1) is 0 Å². The van der Waals surface area contributed by atoms with Crippen LogP contribution in [0.15, 0.2) is 18.5 Å². The van der Waals surface area contributed by atoms with Gasteiger partial charge in [0.15, 0.2) is 0 Å². The lowest BCUT2D eigenvalue weighted by Gasteiger charge is -2.24. The summed E-state index contributed by atoms with van der Waals surface area (Å²) < 4.78 is 1.81. The van der Waals surface area contributed by atoms with Gasteiger partial charge < -0.3 is 5.32 Å². The molecule has 2 aromatic heterocycles. The average molecular weight is 271 g/mol. The van der Waals surface area contributed by atoms with Crippen molar-refractivity contribution in [1.82, 2.24) is 19.7 Å². The van der Waals surface area contributed by atoms with E-state index in [2.05, 4.69) is 22.3 Å². The maximum atomic E-state index is 4.74. The van der Waals surface area contributed by atoms with E-state index < -0.39 is 0 Å². The van der Waals surface area contributed by atoms with E-state index in [1.807, 2.05) is 25.5 Å². The second-order valence-corrected chi connectivity index (χ2v) is 5.45. The second kappa shape index (κ2) is 5.61. The van der Waals surface area contributed by atoms with Crippen LogP contribution in [0.4, 0.5) is 5.82 Å². The van der Waals surface area contributed by atoms with E-state index in [-0.39, 0.29) is 0 Å². The van der Waals surface area contributed by atoms with Gasteiger partial charge in [0, 0.05) is 37.3 Å². The van der Waals surface area contributed by atoms with E-state index in [1.165, 1.54) is 19.3 Å². The summed E-state index contributed by atoms with van der Waals surface area (Å²) in [5, 5.41) is 7.61. The smallest absolute Gasteiger partial charge is 0.134 e. The fraction of sp³-hybridized carbons (Fsp3) is 0.533. The van der Waals surface area contributed by atoms with Gasteiger partial charge in [-0.15, -0.1) is 0 Å². The predicted octanol–water partition coefficient (Wildman–Crippen LogP) is 2.97. The van der Waals surface area contributed by atoms with Gasteiger partial charge in [0.1, 0.15) is 11.6 Å². The Kier molecular flexibility index (Phi) is 3.67. The number of aryl methyl sites for hydroxylation is 1. The van der Waals surface area contributed by atoms with Gasteiger partial charge in [-0.25, -0.2) is 9.97 Å². The maximum absolute atomic E-state index is 4.74. The lowest BCUT2D eigenvalue weighted by molar-refractivity contribution is 0.402. The van der Waals surface area contributed by atoms with Crippen LogP contribution >= 0.6 is 0 Å². The number of aromatic nitrogens is 4. The van der Waals surface area contributed by atoms with Gasteiger partial charge in [-0.1, -0.05) is 13.3 Å². The molecule has 0 radical (unpaired) electrons. The first-order valence-electron chi connectivity index (χ1n) is 7.38. The topological polar surface area (TPSA) is 55.6 Å². The zero-order valence-corrected chi connectivity index (χ0v) is 12.1. The summed E-state index contributed by atoms with van der Waals surface area (Å²) in [5.74, 6) is 2.45. The van der Waals surface area contributed by atoms with Crippen molar-refractivity contribution < 1.29 is 0 Å². The Morgan fingerprint density at radius 2 is 2.20 bits per heavy atom. The van der Waals surface area contributed by atoms with Crippen molar-refractivity contribution in [2.24, 2.45) is 7.05 Å². The highest BCUT2D eigenvalue weighted by Gasteiger charge is 2.23. The Labute approximate surface area is 119 Å². The van der Waals surface area contributed by atoms with Gasteiger partial charge in [-0.3, -0.25) is 4.68 Å². The molecule has 0 bridgehead atoms. The van der Waals surface area contributed by atoms with E-state index in [0.29, 0.717) is 5.92 Å². The van der Waals surface area contributed by atoms with Crippen LogP contribution in [-0.2, 0) is 7.05 Å². The minimum absolute atomic E-state index is 0.536. The highest BCUT2D eigenvalue weighted by atomic mass is 15.2. The summed E-state index contributed by atoms with van der Waals surface area (Å²) in [4.78, 5) is 9.42. The lowest BCUT2D eigenvalue weighted by atomic mass is 9.85. The fourth-order valence-electron chi connectivity index (χ4n) is 2.36. The molecule has 5 heteroatoms. The highest BCUT2D eigenvalue weighted by Crippen LogP contribution is 2.35. The van der Waals surface area contributed by atoms with Crippen LogP contribution in [0.3, 0.4) is 0 Å². The normalized spacial score (nSPS) is 15.1. The third-order valence-electron chi connectivity index (χ3n) is 3.77. The van der Waals surface area contributed by atoms with Crippen LogP contribution in [0.1, 0.15) is 44.3 Å². The number of hydrogen-bond donors (Lipinski definition) is 1. The summed E-state index contributed by atoms with van der Waals surface area (Å²) >= 11 is 0.